The van der Waals surface area contributed by atoms with Crippen LogP contribution in [-0.4, -0.2) is 62.5 Å². The Morgan fingerprint density at radius 2 is 1.94 bits per heavy atom. The third-order valence-electron chi connectivity index (χ3n) is 6.78. The highest BCUT2D eigenvalue weighted by Gasteiger charge is 2.27. The maximum absolute atomic E-state index is 12.9. The molecule has 2 saturated heterocycles. The first kappa shape index (κ1) is 25.1. The van der Waals surface area contributed by atoms with E-state index in [1.165, 1.54) is 36.6 Å². The molecular formula is C24H27ClN6O3S2. The SMILES string of the molecule is C[C@@H]1CCCN1Cc1sc(NC(=O)c2cnc(N3CCC(C(=O)O)CC3)nc2)nc1-c1cc(Cl)cs1. The second-order valence-electron chi connectivity index (χ2n) is 9.21. The Bertz CT molecular complexity index is 1240. The molecule has 0 aliphatic carbocycles. The quantitative estimate of drug-likeness (QED) is 0.432. The number of piperidine rings is 1. The number of nitrogens with zero attached hydrogens (tertiary/aromatic N) is 5. The van der Waals surface area contributed by atoms with Crippen molar-refractivity contribution in [3.63, 3.8) is 0 Å². The number of carbonyl (C=O) groups is 2. The summed E-state index contributed by atoms with van der Waals surface area (Å²) in [6.45, 7) is 5.25. The Morgan fingerprint density at radius 3 is 2.56 bits per heavy atom. The number of anilines is 2. The molecule has 1 amide bonds. The standard InChI is InChI=1S/C24H27ClN6O3S2/c1-14-3-2-6-31(14)12-19-20(18-9-17(25)13-35-18)28-24(36-19)29-21(32)16-10-26-23(27-11-16)30-7-4-15(5-8-30)22(33)34/h9-11,13-15H,2-8,12H2,1H3,(H,33,34)(H,28,29,32)/t14-/m1/s1. The average Bonchev–Trinajstić information content (AvgIpc) is 3.60. The number of thiophene rings is 1. The summed E-state index contributed by atoms with van der Waals surface area (Å²) in [5, 5.41) is 15.2. The van der Waals surface area contributed by atoms with E-state index in [0.29, 0.717) is 53.6 Å². The molecule has 5 rings (SSSR count). The summed E-state index contributed by atoms with van der Waals surface area (Å²) in [5.74, 6) is -0.897. The molecule has 2 aliphatic rings. The van der Waals surface area contributed by atoms with Crippen LogP contribution in [-0.2, 0) is 11.3 Å². The number of hydrogen-bond donors (Lipinski definition) is 2. The summed E-state index contributed by atoms with van der Waals surface area (Å²) in [5.41, 5.74) is 1.20. The highest BCUT2D eigenvalue weighted by atomic mass is 35.5. The molecule has 0 unspecified atom stereocenters. The Labute approximate surface area is 222 Å². The van der Waals surface area contributed by atoms with Crippen LogP contribution in [0, 0.1) is 5.92 Å². The van der Waals surface area contributed by atoms with Crippen LogP contribution in [0.5, 0.6) is 0 Å². The molecule has 0 spiro atoms. The summed E-state index contributed by atoms with van der Waals surface area (Å²) < 4.78 is 0. The third kappa shape index (κ3) is 5.54. The van der Waals surface area contributed by atoms with E-state index in [0.717, 1.165) is 28.5 Å². The molecule has 0 radical (unpaired) electrons. The molecule has 0 bridgehead atoms. The highest BCUT2D eigenvalue weighted by molar-refractivity contribution is 7.17. The van der Waals surface area contributed by atoms with Gasteiger partial charge in [-0.05, 0) is 45.2 Å². The predicted molar refractivity (Wildman–Crippen MR) is 142 cm³/mol. The Balaban J connectivity index is 1.28. The zero-order valence-electron chi connectivity index (χ0n) is 19.8. The molecule has 2 aliphatic heterocycles. The summed E-state index contributed by atoms with van der Waals surface area (Å²) in [4.78, 5) is 44.1. The fourth-order valence-corrected chi connectivity index (χ4v) is 6.80. The maximum Gasteiger partial charge on any atom is 0.306 e. The van der Waals surface area contributed by atoms with Crippen LogP contribution < -0.4 is 10.2 Å². The minimum absolute atomic E-state index is 0.321. The number of thiazole rings is 1. The zero-order valence-corrected chi connectivity index (χ0v) is 22.2. The molecule has 3 aromatic heterocycles. The highest BCUT2D eigenvalue weighted by Crippen LogP contribution is 2.37. The lowest BCUT2D eigenvalue weighted by Crippen LogP contribution is -2.37. The van der Waals surface area contributed by atoms with Crippen LogP contribution in [0.2, 0.25) is 5.02 Å². The third-order valence-corrected chi connectivity index (χ3v) is 9.02. The van der Waals surface area contributed by atoms with E-state index in [1.54, 1.807) is 11.3 Å². The van der Waals surface area contributed by atoms with Gasteiger partial charge in [0.2, 0.25) is 5.95 Å². The second kappa shape index (κ2) is 10.8. The van der Waals surface area contributed by atoms with Gasteiger partial charge in [0.15, 0.2) is 5.13 Å². The van der Waals surface area contributed by atoms with Gasteiger partial charge in [-0.25, -0.2) is 15.0 Å². The lowest BCUT2D eigenvalue weighted by molar-refractivity contribution is -0.142. The zero-order chi connectivity index (χ0) is 25.2. The van der Waals surface area contributed by atoms with Crippen LogP contribution in [0.3, 0.4) is 0 Å². The van der Waals surface area contributed by atoms with Crippen molar-refractivity contribution in [3.05, 3.63) is 39.3 Å². The second-order valence-corrected chi connectivity index (χ2v) is 11.6. The van der Waals surface area contributed by atoms with E-state index in [-0.39, 0.29) is 11.8 Å². The summed E-state index contributed by atoms with van der Waals surface area (Å²) in [6, 6.07) is 2.44. The number of hydrogen-bond acceptors (Lipinski definition) is 9. The molecule has 2 N–H and O–H groups in total. The van der Waals surface area contributed by atoms with Crippen LogP contribution in [0.4, 0.5) is 11.1 Å². The van der Waals surface area contributed by atoms with Gasteiger partial charge in [0.1, 0.15) is 0 Å². The lowest BCUT2D eigenvalue weighted by atomic mass is 9.97. The fraction of sp³-hybridized carbons (Fsp3) is 0.458. The van der Waals surface area contributed by atoms with Crippen molar-refractivity contribution in [2.45, 2.75) is 45.2 Å². The topological polar surface area (TPSA) is 112 Å². The number of halogens is 1. The Morgan fingerprint density at radius 1 is 1.19 bits per heavy atom. The summed E-state index contributed by atoms with van der Waals surface area (Å²) >= 11 is 9.21. The molecule has 1 atom stereocenters. The maximum atomic E-state index is 12.9. The van der Waals surface area contributed by atoms with Crippen molar-refractivity contribution in [3.8, 4) is 10.6 Å². The number of aliphatic carboxylic acids is 1. The van der Waals surface area contributed by atoms with E-state index in [2.05, 4.69) is 27.1 Å². The molecule has 0 aromatic carbocycles. The van der Waals surface area contributed by atoms with Crippen molar-refractivity contribution in [2.75, 3.05) is 29.9 Å². The first-order valence-corrected chi connectivity index (χ1v) is 14.0. The van der Waals surface area contributed by atoms with Gasteiger partial charge in [-0.2, -0.15) is 0 Å². The number of rotatable bonds is 7. The largest absolute Gasteiger partial charge is 0.481 e. The molecule has 0 saturated carbocycles. The molecule has 9 nitrogen and oxygen atoms in total. The van der Waals surface area contributed by atoms with E-state index >= 15 is 0 Å². The van der Waals surface area contributed by atoms with Crippen molar-refractivity contribution in [2.24, 2.45) is 5.92 Å². The molecular weight excluding hydrogens is 520 g/mol. The van der Waals surface area contributed by atoms with E-state index < -0.39 is 5.97 Å². The first-order valence-electron chi connectivity index (χ1n) is 12.0. The summed E-state index contributed by atoms with van der Waals surface area (Å²) in [6.07, 6.45) is 6.50. The van der Waals surface area contributed by atoms with Crippen LogP contribution in [0.1, 0.15) is 47.8 Å². The minimum Gasteiger partial charge on any atom is -0.481 e. The molecule has 5 heterocycles. The van der Waals surface area contributed by atoms with E-state index in [1.807, 2.05) is 16.3 Å². The molecule has 190 valence electrons. The van der Waals surface area contributed by atoms with Gasteiger partial charge in [-0.3, -0.25) is 19.8 Å². The smallest absolute Gasteiger partial charge is 0.306 e. The number of nitrogens with one attached hydrogen (secondary N) is 1. The number of likely N-dealkylation sites (tertiary alicyclic amines) is 1. The number of aromatic nitrogens is 3. The van der Waals surface area contributed by atoms with E-state index in [4.69, 9.17) is 16.6 Å². The molecule has 12 heteroatoms. The van der Waals surface area contributed by atoms with Gasteiger partial charge in [0, 0.05) is 48.3 Å². The first-order chi connectivity index (χ1) is 17.4. The van der Waals surface area contributed by atoms with Gasteiger partial charge in [0.25, 0.3) is 5.91 Å². The average molecular weight is 547 g/mol. The van der Waals surface area contributed by atoms with Crippen LogP contribution in [0.15, 0.2) is 23.8 Å². The molecule has 2 fully saturated rings. The minimum atomic E-state index is -0.756. The number of carboxylic acids is 1. The van der Waals surface area contributed by atoms with Crippen molar-refractivity contribution >= 4 is 57.2 Å². The number of amides is 1. The number of carbonyl (C=O) groups excluding carboxylic acids is 1. The van der Waals surface area contributed by atoms with Crippen LogP contribution >= 0.6 is 34.3 Å². The predicted octanol–water partition coefficient (Wildman–Crippen LogP) is 4.85. The van der Waals surface area contributed by atoms with Gasteiger partial charge in [0.05, 0.1) is 27.1 Å². The lowest BCUT2D eigenvalue weighted by Gasteiger charge is -2.29. The van der Waals surface area contributed by atoms with Gasteiger partial charge in [-0.1, -0.05) is 22.9 Å². The number of carboxylic acid groups (broad SMARTS) is 1. The van der Waals surface area contributed by atoms with Gasteiger partial charge < -0.3 is 10.0 Å². The van der Waals surface area contributed by atoms with Crippen molar-refractivity contribution in [1.82, 2.24) is 19.9 Å². The van der Waals surface area contributed by atoms with Gasteiger partial charge in [-0.15, -0.1) is 11.3 Å². The molecule has 36 heavy (non-hydrogen) atoms. The monoisotopic (exact) mass is 546 g/mol. The van der Waals surface area contributed by atoms with Gasteiger partial charge >= 0.3 is 5.97 Å². The Kier molecular flexibility index (Phi) is 7.52. The summed E-state index contributed by atoms with van der Waals surface area (Å²) in [7, 11) is 0. The van der Waals surface area contributed by atoms with Crippen molar-refractivity contribution in [1.29, 1.82) is 0 Å². The fourth-order valence-electron chi connectivity index (χ4n) is 4.65. The van der Waals surface area contributed by atoms with Crippen LogP contribution in [0.25, 0.3) is 10.6 Å². The normalized spacial score (nSPS) is 19.1. The van der Waals surface area contributed by atoms with Crippen molar-refractivity contribution < 1.29 is 14.7 Å². The Hall–Kier alpha value is -2.60. The van der Waals surface area contributed by atoms with E-state index in [9.17, 15) is 14.7 Å². The molecule has 3 aromatic rings.